The van der Waals surface area contributed by atoms with E-state index in [1.54, 1.807) is 12.1 Å². The van der Waals surface area contributed by atoms with E-state index in [0.29, 0.717) is 0 Å². The van der Waals surface area contributed by atoms with Crippen molar-refractivity contribution in [3.63, 3.8) is 0 Å². The molecular formula is C58H62O13. The van der Waals surface area contributed by atoms with Crippen molar-refractivity contribution < 1.29 is 62.5 Å². The zero-order valence-corrected chi connectivity index (χ0v) is 39.6. The number of carbonyl (C=O) groups excluding carboxylic acids is 3. The lowest BCUT2D eigenvalue weighted by molar-refractivity contribution is -0.273. The van der Waals surface area contributed by atoms with Crippen molar-refractivity contribution >= 4 is 17.7 Å². The van der Waals surface area contributed by atoms with E-state index in [0.717, 1.165) is 33.4 Å². The highest BCUT2D eigenvalue weighted by molar-refractivity contribution is 5.84. The van der Waals surface area contributed by atoms with E-state index in [-0.39, 0.29) is 59.1 Å². The fourth-order valence-electron chi connectivity index (χ4n) is 8.05. The van der Waals surface area contributed by atoms with Crippen molar-refractivity contribution in [1.82, 2.24) is 0 Å². The molecule has 13 heteroatoms. The zero-order valence-electron chi connectivity index (χ0n) is 39.6. The molecule has 1 fully saturated rings. The highest BCUT2D eigenvalue weighted by atomic mass is 16.6. The number of hydrogen-bond acceptors (Lipinski definition) is 13. The number of aliphatic hydroxyl groups is 2. The van der Waals surface area contributed by atoms with Gasteiger partial charge in [-0.15, -0.1) is 0 Å². The number of ether oxygens (including phenoxy) is 8. The maximum atomic E-state index is 14.5. The van der Waals surface area contributed by atoms with Crippen LogP contribution in [0.3, 0.4) is 0 Å². The molecule has 13 nitrogen and oxygen atoms in total. The van der Waals surface area contributed by atoms with Crippen molar-refractivity contribution in [2.45, 2.75) is 108 Å². The Morgan fingerprint density at radius 2 is 0.831 bits per heavy atom. The summed E-state index contributed by atoms with van der Waals surface area (Å²) in [5, 5.41) is 23.5. The first-order chi connectivity index (χ1) is 34.8. The van der Waals surface area contributed by atoms with E-state index in [2.05, 4.69) is 0 Å². The number of ketones is 1. The van der Waals surface area contributed by atoms with Crippen LogP contribution in [0.5, 0.6) is 0 Å². The Hall–Kier alpha value is -6.39. The van der Waals surface area contributed by atoms with Crippen molar-refractivity contribution in [1.29, 1.82) is 0 Å². The van der Waals surface area contributed by atoms with Gasteiger partial charge in [-0.05, 0) is 33.4 Å². The van der Waals surface area contributed by atoms with Crippen molar-refractivity contribution in [3.05, 3.63) is 215 Å². The predicted octanol–water partition coefficient (Wildman–Crippen LogP) is 8.06. The minimum absolute atomic E-state index is 0.0383. The third-order valence-corrected chi connectivity index (χ3v) is 11.9. The van der Waals surface area contributed by atoms with E-state index in [4.69, 9.17) is 37.9 Å². The Bertz CT molecular complexity index is 2450. The molecule has 0 amide bonds. The zero-order chi connectivity index (χ0) is 49.5. The van der Waals surface area contributed by atoms with Gasteiger partial charge in [0.2, 0.25) is 0 Å². The smallest absolute Gasteiger partial charge is 0.306 e. The van der Waals surface area contributed by atoms with Gasteiger partial charge in [-0.25, -0.2) is 0 Å². The molecule has 0 aliphatic carbocycles. The van der Waals surface area contributed by atoms with Crippen LogP contribution in [0.1, 0.15) is 52.6 Å². The van der Waals surface area contributed by atoms with Crippen LogP contribution in [0, 0.1) is 0 Å². The summed E-state index contributed by atoms with van der Waals surface area (Å²) in [5.41, 5.74) is 5.17. The molecule has 1 saturated heterocycles. The molecule has 1 aliphatic heterocycles. The highest BCUT2D eigenvalue weighted by Crippen LogP contribution is 2.33. The van der Waals surface area contributed by atoms with Crippen molar-refractivity contribution in [2.75, 3.05) is 13.2 Å². The minimum atomic E-state index is -2.02. The van der Waals surface area contributed by atoms with Crippen LogP contribution in [0.4, 0.5) is 0 Å². The quantitative estimate of drug-likeness (QED) is 0.0454. The van der Waals surface area contributed by atoms with Gasteiger partial charge in [-0.2, -0.15) is 0 Å². The van der Waals surface area contributed by atoms with Crippen LogP contribution in [-0.4, -0.2) is 90.0 Å². The molecule has 372 valence electrons. The van der Waals surface area contributed by atoms with Gasteiger partial charge < -0.3 is 48.1 Å². The first kappa shape index (κ1) is 52.4. The lowest BCUT2D eigenvalue weighted by atomic mass is 9.89. The molecule has 1 heterocycles. The second kappa shape index (κ2) is 28.5. The number of rotatable bonds is 28. The monoisotopic (exact) mass is 966 g/mol. The minimum Gasteiger partial charge on any atom is -0.463 e. The molecule has 6 aromatic rings. The number of esters is 2. The SMILES string of the molecule is O=C(CCC(=O)OC[C@@H](OCc1ccccc1)[C@@H](O)[C@H](O)C(=O)C[C@H]1O[C@H](COCc2ccccc2)[C@@H](OCc2ccccc2)[C@H](OCc2ccccc2)[C@H]1OCc1ccccc1)OCc1ccccc1. The second-order valence-electron chi connectivity index (χ2n) is 17.3. The second-order valence-corrected chi connectivity index (χ2v) is 17.3. The highest BCUT2D eigenvalue weighted by Gasteiger charge is 2.50. The average molecular weight is 967 g/mol. The third-order valence-electron chi connectivity index (χ3n) is 11.9. The first-order valence-electron chi connectivity index (χ1n) is 23.9. The first-order valence-corrected chi connectivity index (χ1v) is 23.9. The number of hydrogen-bond donors (Lipinski definition) is 2. The molecule has 0 radical (unpaired) electrons. The number of benzene rings is 6. The summed E-state index contributed by atoms with van der Waals surface area (Å²) in [6.45, 7) is 0.323. The Balaban J connectivity index is 1.10. The summed E-state index contributed by atoms with van der Waals surface area (Å²) in [7, 11) is 0. The molecule has 0 spiro atoms. The van der Waals surface area contributed by atoms with Crippen molar-refractivity contribution in [2.24, 2.45) is 0 Å². The van der Waals surface area contributed by atoms with Crippen LogP contribution >= 0.6 is 0 Å². The fraction of sp³-hybridized carbons (Fsp3) is 0.328. The maximum Gasteiger partial charge on any atom is 0.306 e. The molecule has 2 N–H and O–H groups in total. The normalized spacial score (nSPS) is 19.0. The third kappa shape index (κ3) is 17.2. The number of Topliss-reactive ketones (excluding diaryl/α,β-unsaturated/α-hetero) is 1. The van der Waals surface area contributed by atoms with Crippen LogP contribution < -0.4 is 0 Å². The molecular weight excluding hydrogens is 905 g/mol. The largest absolute Gasteiger partial charge is 0.463 e. The molecule has 0 unspecified atom stereocenters. The van der Waals surface area contributed by atoms with Crippen molar-refractivity contribution in [3.8, 4) is 0 Å². The van der Waals surface area contributed by atoms with E-state index < -0.39 is 79.6 Å². The molecule has 8 atom stereocenters. The molecule has 71 heavy (non-hydrogen) atoms. The van der Waals surface area contributed by atoms with Gasteiger partial charge in [0.05, 0.1) is 58.6 Å². The number of aliphatic hydroxyl groups excluding tert-OH is 2. The van der Waals surface area contributed by atoms with E-state index in [9.17, 15) is 24.6 Å². The van der Waals surface area contributed by atoms with Gasteiger partial charge in [0.15, 0.2) is 5.78 Å². The van der Waals surface area contributed by atoms with Gasteiger partial charge in [0, 0.05) is 6.42 Å². The van der Waals surface area contributed by atoms with E-state index >= 15 is 0 Å². The summed E-state index contributed by atoms with van der Waals surface area (Å²) in [6.07, 6.45) is -10.6. The topological polar surface area (TPSA) is 166 Å². The maximum absolute atomic E-state index is 14.5. The molecule has 1 aliphatic rings. The Labute approximate surface area is 415 Å². The van der Waals surface area contributed by atoms with Gasteiger partial charge in [-0.1, -0.05) is 182 Å². The predicted molar refractivity (Wildman–Crippen MR) is 263 cm³/mol. The van der Waals surface area contributed by atoms with Crippen LogP contribution in [0.25, 0.3) is 0 Å². The summed E-state index contributed by atoms with van der Waals surface area (Å²) in [4.78, 5) is 39.8. The Morgan fingerprint density at radius 1 is 0.451 bits per heavy atom. The van der Waals surface area contributed by atoms with Crippen LogP contribution in [-0.2, 0) is 91.9 Å². The van der Waals surface area contributed by atoms with Gasteiger partial charge in [-0.3, -0.25) is 14.4 Å². The Kier molecular flexibility index (Phi) is 21.0. The summed E-state index contributed by atoms with van der Waals surface area (Å²) in [5.74, 6) is -2.14. The van der Waals surface area contributed by atoms with Gasteiger partial charge in [0.1, 0.15) is 55.9 Å². The summed E-state index contributed by atoms with van der Waals surface area (Å²) < 4.78 is 50.2. The van der Waals surface area contributed by atoms with E-state index in [1.807, 2.05) is 170 Å². The molecule has 6 aromatic carbocycles. The molecule has 0 saturated carbocycles. The lowest BCUT2D eigenvalue weighted by Gasteiger charge is -2.46. The standard InChI is InChI=1S/C58H62O13/c59-48(54(62)55(63)50(65-35-43-21-9-2-10-22-43)41-67-53(61)32-31-52(60)66-36-44-23-11-3-12-24-44)33-49-56(68-37-45-25-13-4-14-26-45)58(70-39-47-29-17-6-18-30-47)57(69-38-46-27-15-5-16-28-46)51(71-49)40-64-34-42-19-7-1-8-20-42/h1-30,49-51,54-58,62-63H,31-41H2/t49-,50-,51-,54-,55-,56+,57-,58-/m1/s1. The Morgan fingerprint density at radius 3 is 1.30 bits per heavy atom. The van der Waals surface area contributed by atoms with E-state index in [1.165, 1.54) is 0 Å². The fourth-order valence-corrected chi connectivity index (χ4v) is 8.05. The van der Waals surface area contributed by atoms with Gasteiger partial charge in [0.25, 0.3) is 0 Å². The lowest BCUT2D eigenvalue weighted by Crippen LogP contribution is -2.62. The number of carbonyl (C=O) groups is 3. The van der Waals surface area contributed by atoms with Crippen LogP contribution in [0.15, 0.2) is 182 Å². The summed E-state index contributed by atoms with van der Waals surface area (Å²) >= 11 is 0. The van der Waals surface area contributed by atoms with Crippen LogP contribution in [0.2, 0.25) is 0 Å². The van der Waals surface area contributed by atoms with Gasteiger partial charge >= 0.3 is 11.9 Å². The summed E-state index contributed by atoms with van der Waals surface area (Å²) in [6, 6.07) is 56.9. The molecule has 0 bridgehead atoms. The molecule has 7 rings (SSSR count). The average Bonchev–Trinajstić information content (AvgIpc) is 3.42. The molecule has 0 aromatic heterocycles.